The molecule has 20 valence electrons. The van der Waals surface area contributed by atoms with Crippen LogP contribution in [0.5, 0.6) is 0 Å². The summed E-state index contributed by atoms with van der Waals surface area (Å²) < 4.78 is 0. The van der Waals surface area contributed by atoms with E-state index < -0.39 is 0 Å². The van der Waals surface area contributed by atoms with E-state index in [1.54, 1.807) is 0 Å². The summed E-state index contributed by atoms with van der Waals surface area (Å²) in [6.45, 7) is 0. The molecular weight excluding hydrogens is 129 g/mol. The molecule has 0 rings (SSSR count). The minimum atomic E-state index is 0. The maximum Gasteiger partial charge on any atom is 1.00 e. The van der Waals surface area contributed by atoms with Gasteiger partial charge in [0.05, 0.1) is 0 Å². The molecule has 0 atom stereocenters. The first-order chi connectivity index (χ1) is 1.00. The van der Waals surface area contributed by atoms with Gasteiger partial charge in [-0.25, -0.2) is 0 Å². The van der Waals surface area contributed by atoms with Crippen LogP contribution in [0.25, 0.3) is 0 Å². The van der Waals surface area contributed by atoms with Gasteiger partial charge >= 0.3 is 66.8 Å². The van der Waals surface area contributed by atoms with Gasteiger partial charge in [0.2, 0.25) is 0 Å². The van der Waals surface area contributed by atoms with Crippen LogP contribution in [0, 0.1) is 0 Å². The molecule has 0 radical (unpaired) electrons. The van der Waals surface area contributed by atoms with Crippen molar-refractivity contribution in [2.24, 2.45) is 0 Å². The molecule has 4 heteroatoms. The monoisotopic (exact) mass is 134 g/mol. The zero-order valence-corrected chi connectivity index (χ0v) is 8.26. The average molecular weight is 135 g/mol. The van der Waals surface area contributed by atoms with Crippen molar-refractivity contribution in [3.05, 3.63) is 0 Å². The summed E-state index contributed by atoms with van der Waals surface area (Å²) in [5.41, 5.74) is 0. The Morgan fingerprint density at radius 3 is 1.50 bits per heavy atom. The Morgan fingerprint density at radius 1 is 1.50 bits per heavy atom. The van der Waals surface area contributed by atoms with Gasteiger partial charge in [0.25, 0.3) is 0 Å². The van der Waals surface area contributed by atoms with Crippen LogP contribution in [0.3, 0.4) is 0 Å². The molecule has 0 aliphatic rings. The SMILES string of the molecule is [AlH2][Cl].[AlH3].[H-].[K+]. The zero-order valence-electron chi connectivity index (χ0n) is 3.38. The Balaban J connectivity index is -0.00000000167. The third-order valence-electron chi connectivity index (χ3n) is 0. The van der Waals surface area contributed by atoms with E-state index in [-0.39, 0.29) is 70.2 Å². The van der Waals surface area contributed by atoms with E-state index in [0.29, 0.717) is 0 Å². The van der Waals surface area contributed by atoms with E-state index in [2.05, 4.69) is 0 Å². The quantitative estimate of drug-likeness (QED) is 0.294. The summed E-state index contributed by atoms with van der Waals surface area (Å²) >= 11 is 0.778. The zero-order chi connectivity index (χ0) is 2.00. The number of hydrogen-bond donors (Lipinski definition) is 0. The molecule has 0 heterocycles. The summed E-state index contributed by atoms with van der Waals surface area (Å²) in [5.74, 6) is 0. The maximum atomic E-state index is 4.78. The second kappa shape index (κ2) is 16.7. The third kappa shape index (κ3) is 8.89. The van der Waals surface area contributed by atoms with Crippen LogP contribution in [-0.2, 0) is 0 Å². The van der Waals surface area contributed by atoms with Crippen molar-refractivity contribution in [2.75, 3.05) is 0 Å². The predicted octanol–water partition coefficient (Wildman–Crippen LogP) is -4.29. The molecular formula is H6Al2ClK. The Morgan fingerprint density at radius 2 is 1.50 bits per heavy atom. The Bertz CT molecular complexity index is 9.61. The van der Waals surface area contributed by atoms with Crippen molar-refractivity contribution in [3.8, 4) is 0 Å². The number of rotatable bonds is 0. The van der Waals surface area contributed by atoms with Crippen LogP contribution in [-0.4, -0.2) is 32.7 Å². The van der Waals surface area contributed by atoms with Crippen molar-refractivity contribution >= 4 is 42.8 Å². The van der Waals surface area contributed by atoms with E-state index in [9.17, 15) is 0 Å². The predicted molar refractivity (Wildman–Crippen MR) is 25.4 cm³/mol. The molecule has 0 saturated heterocycles. The molecule has 0 nitrogen and oxygen atoms in total. The van der Waals surface area contributed by atoms with E-state index >= 15 is 0 Å². The van der Waals surface area contributed by atoms with E-state index in [0.717, 1.165) is 15.4 Å². The van der Waals surface area contributed by atoms with Gasteiger partial charge in [0.15, 0.2) is 17.4 Å². The van der Waals surface area contributed by atoms with Gasteiger partial charge < -0.3 is 1.43 Å². The maximum absolute atomic E-state index is 4.78. The first-order valence-electron chi connectivity index (χ1n) is 0.378. The largest absolute Gasteiger partial charge is 1.00 e. The molecule has 0 aromatic heterocycles. The summed E-state index contributed by atoms with van der Waals surface area (Å²) in [6.07, 6.45) is 0. The van der Waals surface area contributed by atoms with Gasteiger partial charge in [-0.05, 0) is 0 Å². The Hall–Kier alpha value is 2.99. The first kappa shape index (κ1) is 15.8. The molecule has 0 aromatic rings. The third-order valence-corrected chi connectivity index (χ3v) is 0. The minimum absolute atomic E-state index is 0. The molecule has 0 aromatic carbocycles. The normalized spacial score (nSPS) is 1.25. The molecule has 0 bridgehead atoms. The van der Waals surface area contributed by atoms with Crippen LogP contribution in [0.15, 0.2) is 0 Å². The summed E-state index contributed by atoms with van der Waals surface area (Å²) in [6, 6.07) is 0. The van der Waals surface area contributed by atoms with Gasteiger partial charge in [0.1, 0.15) is 0 Å². The van der Waals surface area contributed by atoms with Crippen molar-refractivity contribution < 1.29 is 52.8 Å². The van der Waals surface area contributed by atoms with Gasteiger partial charge in [-0.3, -0.25) is 10.0 Å². The molecule has 0 unspecified atom stereocenters. The standard InChI is InChI=1S/2Al.ClH.K.6H/h;;1H;;;;;;;/q;+1;;+1;;;;;;-1/p-1. The fourth-order valence-corrected chi connectivity index (χ4v) is 0. The van der Waals surface area contributed by atoms with Crippen LogP contribution in [0.2, 0.25) is 0 Å². The topological polar surface area (TPSA) is 0 Å². The van der Waals surface area contributed by atoms with E-state index in [1.165, 1.54) is 0 Å². The van der Waals surface area contributed by atoms with Crippen LogP contribution < -0.4 is 51.4 Å². The molecule has 0 saturated carbocycles. The molecule has 0 amide bonds. The van der Waals surface area contributed by atoms with Crippen molar-refractivity contribution in [1.82, 2.24) is 0 Å². The molecule has 0 aliphatic carbocycles. The minimum Gasteiger partial charge on any atom is -1.00 e. The van der Waals surface area contributed by atoms with Crippen LogP contribution >= 0.6 is 10.0 Å². The molecule has 4 heavy (non-hydrogen) atoms. The van der Waals surface area contributed by atoms with Gasteiger partial charge in [-0.15, -0.1) is 0 Å². The fourth-order valence-electron chi connectivity index (χ4n) is 0. The fraction of sp³-hybridized carbons (Fsp3) is 0. The molecule has 0 fully saturated rings. The number of hydrogen-bond acceptors (Lipinski definition) is 0. The molecule has 0 aliphatic heterocycles. The van der Waals surface area contributed by atoms with Gasteiger partial charge in [-0.1, -0.05) is 0 Å². The first-order valence-corrected chi connectivity index (χ1v) is 3.40. The summed E-state index contributed by atoms with van der Waals surface area (Å²) in [4.78, 5) is 0. The Labute approximate surface area is 93.3 Å². The van der Waals surface area contributed by atoms with Crippen molar-refractivity contribution in [3.63, 3.8) is 0 Å². The summed E-state index contributed by atoms with van der Waals surface area (Å²) in [7, 11) is 4.78. The number of halogens is 1. The van der Waals surface area contributed by atoms with Crippen LogP contribution in [0.1, 0.15) is 1.43 Å². The Kier molecular flexibility index (Phi) is 65.7. The molecule has 0 spiro atoms. The van der Waals surface area contributed by atoms with E-state index in [1.807, 2.05) is 0 Å². The second-order valence-corrected chi connectivity index (χ2v) is 0. The molecule has 0 N–H and O–H groups in total. The van der Waals surface area contributed by atoms with Gasteiger partial charge in [0, 0.05) is 0 Å². The van der Waals surface area contributed by atoms with Crippen molar-refractivity contribution in [1.29, 1.82) is 0 Å². The van der Waals surface area contributed by atoms with E-state index in [4.69, 9.17) is 10.0 Å². The smallest absolute Gasteiger partial charge is 1.00 e. The summed E-state index contributed by atoms with van der Waals surface area (Å²) in [5, 5.41) is 0. The average Bonchev–Trinajstić information content (AvgIpc) is 1.00. The van der Waals surface area contributed by atoms with Crippen molar-refractivity contribution in [2.45, 2.75) is 0 Å². The van der Waals surface area contributed by atoms with Crippen LogP contribution in [0.4, 0.5) is 0 Å². The van der Waals surface area contributed by atoms with Gasteiger partial charge in [-0.2, -0.15) is 0 Å². The second-order valence-electron chi connectivity index (χ2n) is 0.